The molecule has 0 saturated carbocycles. The quantitative estimate of drug-likeness (QED) is 0.729. The van der Waals surface area contributed by atoms with Gasteiger partial charge in [0, 0.05) is 24.2 Å². The number of rotatable bonds is 3. The molecule has 4 heterocycles. The zero-order valence-electron chi connectivity index (χ0n) is 13.5. The van der Waals surface area contributed by atoms with E-state index in [2.05, 4.69) is 19.7 Å². The molecule has 1 amide bonds. The van der Waals surface area contributed by atoms with Crippen molar-refractivity contribution in [2.45, 2.75) is 19.2 Å². The molecule has 1 atom stereocenters. The Bertz CT molecular complexity index is 850. The summed E-state index contributed by atoms with van der Waals surface area (Å²) >= 11 is 0. The fourth-order valence-corrected chi connectivity index (χ4v) is 2.97. The minimum absolute atomic E-state index is 0.0841. The maximum Gasteiger partial charge on any atom is 0.256 e. The van der Waals surface area contributed by atoms with Crippen LogP contribution in [0.15, 0.2) is 61.2 Å². The Labute approximate surface area is 144 Å². The van der Waals surface area contributed by atoms with Crippen molar-refractivity contribution in [1.82, 2.24) is 24.6 Å². The van der Waals surface area contributed by atoms with E-state index in [4.69, 9.17) is 4.74 Å². The standard InChI is InChI=1S/C18H17N5O2/c24-18(14-6-8-20-21-10-14)23-11-15-4-3-9-22(15)12-16(13-23)25-17-5-1-2-7-19-17/h1-10,16H,11-13H2/t16-/m0/s1. The molecule has 4 rings (SSSR count). The SMILES string of the molecule is O=C(c1ccnnc1)N1Cc2cccn2C[C@H](Oc2ccccn2)C1. The maximum atomic E-state index is 12.9. The number of aromatic nitrogens is 4. The van der Waals surface area contributed by atoms with Crippen LogP contribution in [0.4, 0.5) is 0 Å². The van der Waals surface area contributed by atoms with Gasteiger partial charge in [-0.1, -0.05) is 6.07 Å². The first-order valence-electron chi connectivity index (χ1n) is 8.07. The predicted octanol–water partition coefficient (Wildman–Crippen LogP) is 1.78. The van der Waals surface area contributed by atoms with Crippen molar-refractivity contribution in [2.24, 2.45) is 0 Å². The van der Waals surface area contributed by atoms with Crippen LogP contribution >= 0.6 is 0 Å². The van der Waals surface area contributed by atoms with Crippen LogP contribution in [-0.2, 0) is 13.1 Å². The monoisotopic (exact) mass is 335 g/mol. The third kappa shape index (κ3) is 3.35. The Morgan fingerprint density at radius 2 is 2.04 bits per heavy atom. The molecular formula is C18H17N5O2. The van der Waals surface area contributed by atoms with E-state index in [0.717, 1.165) is 5.69 Å². The first-order valence-corrected chi connectivity index (χ1v) is 8.07. The number of fused-ring (bicyclic) bond motifs is 1. The highest BCUT2D eigenvalue weighted by atomic mass is 16.5. The normalized spacial score (nSPS) is 16.8. The van der Waals surface area contributed by atoms with E-state index in [-0.39, 0.29) is 12.0 Å². The number of pyridine rings is 1. The van der Waals surface area contributed by atoms with Gasteiger partial charge in [-0.05, 0) is 24.3 Å². The summed E-state index contributed by atoms with van der Waals surface area (Å²) in [6.45, 7) is 1.66. The molecule has 0 radical (unpaired) electrons. The Morgan fingerprint density at radius 3 is 2.84 bits per heavy atom. The van der Waals surface area contributed by atoms with Gasteiger partial charge >= 0.3 is 0 Å². The van der Waals surface area contributed by atoms with Crippen LogP contribution in [0.5, 0.6) is 5.88 Å². The van der Waals surface area contributed by atoms with Gasteiger partial charge in [0.1, 0.15) is 6.10 Å². The van der Waals surface area contributed by atoms with Crippen LogP contribution < -0.4 is 4.74 Å². The Hall–Kier alpha value is -3.22. The summed E-state index contributed by atoms with van der Waals surface area (Å²) in [7, 11) is 0. The number of carbonyl (C=O) groups excluding carboxylic acids is 1. The number of amides is 1. The molecule has 0 unspecified atom stereocenters. The molecule has 0 aromatic carbocycles. The van der Waals surface area contributed by atoms with Crippen LogP contribution in [-0.4, -0.2) is 43.2 Å². The number of ether oxygens (including phenoxy) is 1. The summed E-state index contributed by atoms with van der Waals surface area (Å²) in [5.74, 6) is 0.472. The Morgan fingerprint density at radius 1 is 1.08 bits per heavy atom. The van der Waals surface area contributed by atoms with Gasteiger partial charge in [-0.15, -0.1) is 0 Å². The van der Waals surface area contributed by atoms with E-state index in [1.54, 1.807) is 17.2 Å². The Balaban J connectivity index is 1.60. The van der Waals surface area contributed by atoms with Gasteiger partial charge in [-0.25, -0.2) is 4.98 Å². The van der Waals surface area contributed by atoms with E-state index >= 15 is 0 Å². The topological polar surface area (TPSA) is 73.1 Å². The van der Waals surface area contributed by atoms with Crippen LogP contribution in [0.3, 0.4) is 0 Å². The lowest BCUT2D eigenvalue weighted by atomic mass is 10.2. The minimum atomic E-state index is -0.192. The number of hydrogen-bond donors (Lipinski definition) is 0. The molecule has 0 aliphatic carbocycles. The first-order chi connectivity index (χ1) is 12.3. The Kier molecular flexibility index (Phi) is 4.12. The van der Waals surface area contributed by atoms with E-state index in [9.17, 15) is 4.79 Å². The summed E-state index contributed by atoms with van der Waals surface area (Å²) in [5, 5.41) is 7.53. The summed E-state index contributed by atoms with van der Waals surface area (Å²) in [6, 6.07) is 11.2. The van der Waals surface area contributed by atoms with Crippen molar-refractivity contribution in [1.29, 1.82) is 0 Å². The number of nitrogens with zero attached hydrogens (tertiary/aromatic N) is 5. The van der Waals surface area contributed by atoms with Crippen molar-refractivity contribution >= 4 is 5.91 Å². The van der Waals surface area contributed by atoms with Gasteiger partial charge in [0.2, 0.25) is 5.88 Å². The average Bonchev–Trinajstić information content (AvgIpc) is 3.01. The molecule has 3 aromatic heterocycles. The minimum Gasteiger partial charge on any atom is -0.471 e. The highest BCUT2D eigenvalue weighted by Gasteiger charge is 2.27. The molecule has 7 heteroatoms. The second-order valence-electron chi connectivity index (χ2n) is 5.88. The molecule has 0 fully saturated rings. The van der Waals surface area contributed by atoms with E-state index in [1.807, 2.05) is 36.5 Å². The van der Waals surface area contributed by atoms with Crippen LogP contribution in [0.2, 0.25) is 0 Å². The van der Waals surface area contributed by atoms with Crippen LogP contribution in [0.25, 0.3) is 0 Å². The molecular weight excluding hydrogens is 318 g/mol. The fraction of sp³-hybridized carbons (Fsp3) is 0.222. The van der Waals surface area contributed by atoms with Gasteiger partial charge in [0.25, 0.3) is 5.91 Å². The van der Waals surface area contributed by atoms with Gasteiger partial charge in [-0.2, -0.15) is 10.2 Å². The molecule has 7 nitrogen and oxygen atoms in total. The molecule has 1 aliphatic heterocycles. The van der Waals surface area contributed by atoms with Crippen LogP contribution in [0, 0.1) is 0 Å². The largest absolute Gasteiger partial charge is 0.471 e. The van der Waals surface area contributed by atoms with Gasteiger partial charge < -0.3 is 14.2 Å². The zero-order valence-corrected chi connectivity index (χ0v) is 13.5. The van der Waals surface area contributed by atoms with Gasteiger partial charge in [-0.3, -0.25) is 4.79 Å². The molecule has 0 bridgehead atoms. The highest BCUT2D eigenvalue weighted by Crippen LogP contribution is 2.19. The van der Waals surface area contributed by atoms with Gasteiger partial charge in [0.15, 0.2) is 0 Å². The maximum absolute atomic E-state index is 12.9. The lowest BCUT2D eigenvalue weighted by Gasteiger charge is -2.24. The molecule has 0 N–H and O–H groups in total. The number of carbonyl (C=O) groups is 1. The second-order valence-corrected chi connectivity index (χ2v) is 5.88. The number of hydrogen-bond acceptors (Lipinski definition) is 5. The predicted molar refractivity (Wildman–Crippen MR) is 89.9 cm³/mol. The molecule has 0 spiro atoms. The van der Waals surface area contributed by atoms with Crippen molar-refractivity contribution in [3.63, 3.8) is 0 Å². The molecule has 25 heavy (non-hydrogen) atoms. The lowest BCUT2D eigenvalue weighted by Crippen LogP contribution is -2.38. The van der Waals surface area contributed by atoms with E-state index in [1.165, 1.54) is 12.4 Å². The third-order valence-electron chi connectivity index (χ3n) is 4.14. The van der Waals surface area contributed by atoms with E-state index < -0.39 is 0 Å². The summed E-state index contributed by atoms with van der Waals surface area (Å²) in [5.41, 5.74) is 1.59. The van der Waals surface area contributed by atoms with Crippen molar-refractivity contribution in [2.75, 3.05) is 6.54 Å². The summed E-state index contributed by atoms with van der Waals surface area (Å²) < 4.78 is 8.14. The van der Waals surface area contributed by atoms with Crippen molar-refractivity contribution < 1.29 is 9.53 Å². The van der Waals surface area contributed by atoms with E-state index in [0.29, 0.717) is 31.1 Å². The van der Waals surface area contributed by atoms with Crippen molar-refractivity contribution in [3.05, 3.63) is 72.4 Å². The first kappa shape index (κ1) is 15.3. The molecule has 0 saturated heterocycles. The highest BCUT2D eigenvalue weighted by molar-refractivity contribution is 5.93. The molecule has 3 aromatic rings. The molecule has 126 valence electrons. The summed E-state index contributed by atoms with van der Waals surface area (Å²) in [4.78, 5) is 18.9. The second kappa shape index (κ2) is 6.72. The van der Waals surface area contributed by atoms with Crippen molar-refractivity contribution in [3.8, 4) is 5.88 Å². The zero-order chi connectivity index (χ0) is 17.1. The van der Waals surface area contributed by atoms with Crippen LogP contribution in [0.1, 0.15) is 16.1 Å². The lowest BCUT2D eigenvalue weighted by molar-refractivity contribution is 0.0645. The van der Waals surface area contributed by atoms with Gasteiger partial charge in [0.05, 0.1) is 37.6 Å². The fourth-order valence-electron chi connectivity index (χ4n) is 2.97. The molecule has 1 aliphatic rings. The third-order valence-corrected chi connectivity index (χ3v) is 4.14. The average molecular weight is 335 g/mol. The smallest absolute Gasteiger partial charge is 0.256 e. The summed E-state index contributed by atoms with van der Waals surface area (Å²) in [6.07, 6.45) is 6.52.